The summed E-state index contributed by atoms with van der Waals surface area (Å²) in [6, 6.07) is 0.184. The van der Waals surface area contributed by atoms with Gasteiger partial charge in [-0.1, -0.05) is 0 Å². The molecule has 16 heavy (non-hydrogen) atoms. The summed E-state index contributed by atoms with van der Waals surface area (Å²) in [6.45, 7) is 1.22. The van der Waals surface area contributed by atoms with Crippen LogP contribution in [0.1, 0.15) is 38.5 Å². The van der Waals surface area contributed by atoms with Gasteiger partial charge in [-0.05, 0) is 38.5 Å². The highest BCUT2D eigenvalue weighted by atomic mass is 16.6. The van der Waals surface area contributed by atoms with Gasteiger partial charge in [0.05, 0.1) is 12.0 Å². The minimum absolute atomic E-state index is 0.0265. The number of carbonyl (C=O) groups is 1. The van der Waals surface area contributed by atoms with Gasteiger partial charge in [-0.15, -0.1) is 0 Å². The minimum Gasteiger partial charge on any atom is -0.463 e. The highest BCUT2D eigenvalue weighted by Crippen LogP contribution is 2.25. The Balaban J connectivity index is 1.67. The zero-order valence-electron chi connectivity index (χ0n) is 9.69. The first-order valence-electron chi connectivity index (χ1n) is 6.29. The van der Waals surface area contributed by atoms with Gasteiger partial charge >= 0.3 is 5.97 Å². The zero-order chi connectivity index (χ0) is 11.4. The third-order valence-electron chi connectivity index (χ3n) is 3.49. The fourth-order valence-corrected chi connectivity index (χ4v) is 2.46. The molecular formula is C12H21NO3. The first-order valence-corrected chi connectivity index (χ1v) is 6.29. The van der Waals surface area contributed by atoms with E-state index in [0.29, 0.717) is 6.61 Å². The lowest BCUT2D eigenvalue weighted by atomic mass is 10.1. The van der Waals surface area contributed by atoms with Crippen molar-refractivity contribution in [3.8, 4) is 0 Å². The van der Waals surface area contributed by atoms with Crippen molar-refractivity contribution in [1.82, 2.24) is 0 Å². The molecule has 1 saturated carbocycles. The quantitative estimate of drug-likeness (QED) is 0.736. The average Bonchev–Trinajstić information content (AvgIpc) is 2.74. The number of hydrogen-bond donors (Lipinski definition) is 1. The molecule has 2 aliphatic rings. The lowest BCUT2D eigenvalue weighted by Crippen LogP contribution is -2.28. The Hall–Kier alpha value is -0.610. The number of carbonyl (C=O) groups excluding carboxylic acids is 1. The topological polar surface area (TPSA) is 61.6 Å². The van der Waals surface area contributed by atoms with Gasteiger partial charge in [0.25, 0.3) is 0 Å². The first kappa shape index (κ1) is 11.9. The van der Waals surface area contributed by atoms with E-state index in [1.807, 2.05) is 0 Å². The molecule has 0 bridgehead atoms. The monoisotopic (exact) mass is 227 g/mol. The van der Waals surface area contributed by atoms with E-state index in [2.05, 4.69) is 0 Å². The third-order valence-corrected chi connectivity index (χ3v) is 3.49. The minimum atomic E-state index is -0.0814. The largest absolute Gasteiger partial charge is 0.463 e. The Labute approximate surface area is 96.5 Å². The van der Waals surface area contributed by atoms with Crippen molar-refractivity contribution in [2.24, 2.45) is 11.7 Å². The Bertz CT molecular complexity index is 238. The van der Waals surface area contributed by atoms with Crippen molar-refractivity contribution in [3.63, 3.8) is 0 Å². The molecule has 0 aromatic carbocycles. The van der Waals surface area contributed by atoms with Gasteiger partial charge < -0.3 is 15.2 Å². The van der Waals surface area contributed by atoms with Crippen LogP contribution in [0.25, 0.3) is 0 Å². The highest BCUT2D eigenvalue weighted by Gasteiger charge is 2.29. The second-order valence-electron chi connectivity index (χ2n) is 4.89. The molecule has 1 aliphatic heterocycles. The molecule has 0 radical (unpaired) electrons. The highest BCUT2D eigenvalue weighted by molar-refractivity contribution is 5.72. The Kier molecular flexibility index (Phi) is 4.18. The molecule has 0 aromatic rings. The van der Waals surface area contributed by atoms with Crippen LogP contribution in [0.3, 0.4) is 0 Å². The maximum absolute atomic E-state index is 11.7. The normalized spacial score (nSPS) is 34.9. The van der Waals surface area contributed by atoms with Crippen LogP contribution in [-0.2, 0) is 14.3 Å². The van der Waals surface area contributed by atoms with Crippen LogP contribution in [-0.4, -0.2) is 31.3 Å². The lowest BCUT2D eigenvalue weighted by Gasteiger charge is -2.22. The summed E-state index contributed by atoms with van der Waals surface area (Å²) < 4.78 is 10.8. The molecule has 92 valence electrons. The van der Waals surface area contributed by atoms with Crippen LogP contribution in [0.15, 0.2) is 0 Å². The number of nitrogens with two attached hydrogens (primary N) is 1. The fourth-order valence-electron chi connectivity index (χ4n) is 2.46. The molecule has 0 aromatic heterocycles. The number of rotatable bonds is 3. The van der Waals surface area contributed by atoms with Crippen molar-refractivity contribution in [2.45, 2.75) is 50.7 Å². The van der Waals surface area contributed by atoms with Gasteiger partial charge in [0, 0.05) is 12.6 Å². The van der Waals surface area contributed by atoms with Crippen LogP contribution < -0.4 is 5.73 Å². The average molecular weight is 227 g/mol. The first-order chi connectivity index (χ1) is 7.75. The second-order valence-corrected chi connectivity index (χ2v) is 4.89. The van der Waals surface area contributed by atoms with E-state index in [1.165, 1.54) is 6.42 Å². The molecular weight excluding hydrogens is 206 g/mol. The van der Waals surface area contributed by atoms with E-state index in [9.17, 15) is 4.79 Å². The summed E-state index contributed by atoms with van der Waals surface area (Å²) in [5.74, 6) is -0.0549. The molecule has 2 N–H and O–H groups in total. The van der Waals surface area contributed by atoms with Crippen LogP contribution in [0.5, 0.6) is 0 Å². The molecule has 0 amide bonds. The van der Waals surface area contributed by atoms with Crippen LogP contribution in [0.2, 0.25) is 0 Å². The number of hydrogen-bond acceptors (Lipinski definition) is 4. The molecule has 3 atom stereocenters. The van der Waals surface area contributed by atoms with E-state index in [0.717, 1.165) is 38.7 Å². The van der Waals surface area contributed by atoms with Crippen molar-refractivity contribution in [3.05, 3.63) is 0 Å². The van der Waals surface area contributed by atoms with Crippen molar-refractivity contribution >= 4 is 5.97 Å². The summed E-state index contributed by atoms with van der Waals surface area (Å²) in [7, 11) is 0. The molecule has 4 nitrogen and oxygen atoms in total. The molecule has 1 unspecified atom stereocenters. The number of ether oxygens (including phenoxy) is 2. The van der Waals surface area contributed by atoms with Gasteiger partial charge in [0.1, 0.15) is 6.61 Å². The fraction of sp³-hybridized carbons (Fsp3) is 0.917. The van der Waals surface area contributed by atoms with E-state index >= 15 is 0 Å². The van der Waals surface area contributed by atoms with Gasteiger partial charge in [0.2, 0.25) is 0 Å². The molecule has 0 spiro atoms. The Morgan fingerprint density at radius 3 is 2.81 bits per heavy atom. The van der Waals surface area contributed by atoms with Crippen LogP contribution in [0.4, 0.5) is 0 Å². The van der Waals surface area contributed by atoms with Crippen molar-refractivity contribution < 1.29 is 14.3 Å². The van der Waals surface area contributed by atoms with Gasteiger partial charge in [-0.2, -0.15) is 0 Å². The molecule has 2 fully saturated rings. The summed E-state index contributed by atoms with van der Waals surface area (Å²) in [6.07, 6.45) is 6.04. The zero-order valence-corrected chi connectivity index (χ0v) is 9.69. The molecule has 4 heteroatoms. The second kappa shape index (κ2) is 5.64. The standard InChI is InChI=1S/C12H21NO3/c13-10-5-4-9(7-10)12(14)16-8-11-3-1-2-6-15-11/h9-11H,1-8,13H2/t9-,10+,11?/m1/s1. The maximum Gasteiger partial charge on any atom is 0.309 e. The van der Waals surface area contributed by atoms with Crippen molar-refractivity contribution in [1.29, 1.82) is 0 Å². The summed E-state index contributed by atoms with van der Waals surface area (Å²) >= 11 is 0. The van der Waals surface area contributed by atoms with E-state index in [1.54, 1.807) is 0 Å². The van der Waals surface area contributed by atoms with E-state index in [-0.39, 0.29) is 24.0 Å². The SMILES string of the molecule is N[C@H]1CC[C@@H](C(=O)OCC2CCCCO2)C1. The van der Waals surface area contributed by atoms with Gasteiger partial charge in [-0.25, -0.2) is 0 Å². The Morgan fingerprint density at radius 1 is 1.31 bits per heavy atom. The third kappa shape index (κ3) is 3.19. The molecule has 1 aliphatic carbocycles. The van der Waals surface area contributed by atoms with E-state index < -0.39 is 0 Å². The molecule has 1 heterocycles. The molecule has 1 saturated heterocycles. The van der Waals surface area contributed by atoms with Crippen LogP contribution in [0, 0.1) is 5.92 Å². The molecule has 2 rings (SSSR count). The Morgan fingerprint density at radius 2 is 2.19 bits per heavy atom. The van der Waals surface area contributed by atoms with Gasteiger partial charge in [-0.3, -0.25) is 4.79 Å². The predicted molar refractivity (Wildman–Crippen MR) is 59.9 cm³/mol. The lowest BCUT2D eigenvalue weighted by molar-refractivity contribution is -0.153. The smallest absolute Gasteiger partial charge is 0.309 e. The van der Waals surface area contributed by atoms with E-state index in [4.69, 9.17) is 15.2 Å². The van der Waals surface area contributed by atoms with Gasteiger partial charge in [0.15, 0.2) is 0 Å². The number of esters is 1. The summed E-state index contributed by atoms with van der Waals surface area (Å²) in [5, 5.41) is 0. The summed E-state index contributed by atoms with van der Waals surface area (Å²) in [5.41, 5.74) is 5.77. The predicted octanol–water partition coefficient (Wildman–Crippen LogP) is 1.23. The van der Waals surface area contributed by atoms with Crippen LogP contribution >= 0.6 is 0 Å². The maximum atomic E-state index is 11.7. The van der Waals surface area contributed by atoms with Crippen molar-refractivity contribution in [2.75, 3.05) is 13.2 Å². The summed E-state index contributed by atoms with van der Waals surface area (Å²) in [4.78, 5) is 11.7.